The second-order valence-electron chi connectivity index (χ2n) is 18.3. The Labute approximate surface area is 365 Å². The van der Waals surface area contributed by atoms with Crippen molar-refractivity contribution in [2.75, 3.05) is 13.2 Å². The minimum atomic E-state index is -1.26. The second-order valence-corrected chi connectivity index (χ2v) is 22.7. The highest BCUT2D eigenvalue weighted by molar-refractivity contribution is 8.01. The van der Waals surface area contributed by atoms with E-state index in [1.165, 1.54) is 47.0 Å². The third-order valence-electron chi connectivity index (χ3n) is 9.22. The van der Waals surface area contributed by atoms with Gasteiger partial charge >= 0.3 is 11.9 Å². The molecule has 0 radical (unpaired) electrons. The van der Waals surface area contributed by atoms with Gasteiger partial charge in [0.1, 0.15) is 29.6 Å². The Bertz CT molecular complexity index is 2120. The van der Waals surface area contributed by atoms with Crippen molar-refractivity contribution < 1.29 is 39.9 Å². The van der Waals surface area contributed by atoms with E-state index < -0.39 is 11.9 Å². The van der Waals surface area contributed by atoms with Crippen LogP contribution in [0.25, 0.3) is 0 Å². The lowest BCUT2D eigenvalue weighted by molar-refractivity contribution is -0.134. The minimum Gasteiger partial charge on any atom is -0.506 e. The molecule has 9 nitrogen and oxygen atoms in total. The van der Waals surface area contributed by atoms with Gasteiger partial charge in [-0.15, -0.1) is 0 Å². The summed E-state index contributed by atoms with van der Waals surface area (Å²) in [6, 6.07) is 16.5. The fourth-order valence-corrected chi connectivity index (χ4v) is 10.0. The van der Waals surface area contributed by atoms with E-state index in [1.807, 2.05) is 24.3 Å². The predicted molar refractivity (Wildman–Crippen MR) is 241 cm³/mol. The van der Waals surface area contributed by atoms with Gasteiger partial charge in [0.2, 0.25) is 0 Å². The van der Waals surface area contributed by atoms with Crippen molar-refractivity contribution in [3.63, 3.8) is 0 Å². The minimum absolute atomic E-state index is 0.118. The van der Waals surface area contributed by atoms with Crippen molar-refractivity contribution in [3.8, 4) is 23.0 Å². The van der Waals surface area contributed by atoms with Gasteiger partial charge in [-0.25, -0.2) is 9.59 Å². The highest BCUT2D eigenvalue weighted by Gasteiger charge is 2.29. The Balaban J connectivity index is 0.000000870. The molecule has 4 aromatic rings. The summed E-state index contributed by atoms with van der Waals surface area (Å²) in [5, 5.41) is 51.7. The SMILES string of the molecule is CC(C)(C)c1cc2c(O)c(c1)Sc1cc(C(C)(C)C)cc(c1O)Sc1cc(C(C)(C)C)cc(c1OCCN)Sc1cc(C(C)(C)C)cc(c1O)S2.O=C(O)/C=C/C(=O)O. The van der Waals surface area contributed by atoms with E-state index in [4.69, 9.17) is 20.7 Å². The monoisotopic (exact) mass is 879 g/mol. The molecule has 0 aliphatic carbocycles. The van der Waals surface area contributed by atoms with Gasteiger partial charge in [0.05, 0.1) is 39.2 Å². The number of fused-ring (bicyclic) bond motifs is 8. The lowest BCUT2D eigenvalue weighted by Gasteiger charge is -2.27. The average molecular weight is 880 g/mol. The maximum absolute atomic E-state index is 12.0. The average Bonchev–Trinajstić information content (AvgIpc) is 3.09. The summed E-state index contributed by atoms with van der Waals surface area (Å²) in [5.74, 6) is -1.43. The summed E-state index contributed by atoms with van der Waals surface area (Å²) in [6.45, 7) is 26.6. The van der Waals surface area contributed by atoms with Crippen LogP contribution in [-0.2, 0) is 31.2 Å². The molecule has 0 saturated carbocycles. The quantitative estimate of drug-likeness (QED) is 0.0923. The molecule has 59 heavy (non-hydrogen) atoms. The van der Waals surface area contributed by atoms with Crippen LogP contribution in [0.2, 0.25) is 0 Å². The number of hydrogen-bond donors (Lipinski definition) is 6. The van der Waals surface area contributed by atoms with E-state index in [1.54, 1.807) is 0 Å². The van der Waals surface area contributed by atoms with Crippen LogP contribution in [0, 0.1) is 0 Å². The summed E-state index contributed by atoms with van der Waals surface area (Å²) >= 11 is 5.66. The molecule has 0 aromatic heterocycles. The topological polar surface area (TPSA) is 171 Å². The van der Waals surface area contributed by atoms with Gasteiger partial charge in [-0.05, 0) is 92.4 Å². The highest BCUT2D eigenvalue weighted by atomic mass is 32.2. The van der Waals surface area contributed by atoms with Crippen molar-refractivity contribution in [1.82, 2.24) is 0 Å². The van der Waals surface area contributed by atoms with Crippen molar-refractivity contribution in [1.29, 1.82) is 0 Å². The molecule has 1 aliphatic rings. The summed E-state index contributed by atoms with van der Waals surface area (Å²) in [4.78, 5) is 24.8. The second kappa shape index (κ2) is 18.4. The highest BCUT2D eigenvalue weighted by Crippen LogP contribution is 2.55. The molecular formula is C46H57NO8S4. The first kappa shape index (κ1) is 47.8. The van der Waals surface area contributed by atoms with Gasteiger partial charge in [0.15, 0.2) is 0 Å². The van der Waals surface area contributed by atoms with E-state index in [9.17, 15) is 24.9 Å². The van der Waals surface area contributed by atoms with Crippen LogP contribution >= 0.6 is 47.0 Å². The lowest BCUT2D eigenvalue weighted by atomic mass is 9.87. The Hall–Kier alpha value is -3.88. The molecule has 0 spiro atoms. The van der Waals surface area contributed by atoms with E-state index >= 15 is 0 Å². The molecule has 0 unspecified atom stereocenters. The van der Waals surface area contributed by atoms with Crippen LogP contribution in [0.1, 0.15) is 105 Å². The first-order valence-corrected chi connectivity index (χ1v) is 22.4. The fourth-order valence-electron chi connectivity index (χ4n) is 5.59. The van der Waals surface area contributed by atoms with Crippen LogP contribution in [0.4, 0.5) is 0 Å². The zero-order valence-corrected chi connectivity index (χ0v) is 39.1. The Morgan fingerprint density at radius 1 is 0.492 bits per heavy atom. The zero-order chi connectivity index (χ0) is 44.4. The smallest absolute Gasteiger partial charge is 0.328 e. The fraction of sp³-hybridized carbons (Fsp3) is 0.391. The van der Waals surface area contributed by atoms with Crippen molar-refractivity contribution in [2.24, 2.45) is 5.73 Å². The van der Waals surface area contributed by atoms with Gasteiger partial charge in [-0.3, -0.25) is 0 Å². The van der Waals surface area contributed by atoms with Gasteiger partial charge in [-0.1, -0.05) is 130 Å². The molecule has 1 aliphatic heterocycles. The number of carboxylic acid groups (broad SMARTS) is 2. The number of ether oxygens (including phenoxy) is 1. The lowest BCUT2D eigenvalue weighted by Crippen LogP contribution is -2.14. The Morgan fingerprint density at radius 3 is 0.915 bits per heavy atom. The molecule has 0 saturated heterocycles. The van der Waals surface area contributed by atoms with Gasteiger partial charge in [0, 0.05) is 18.7 Å². The molecule has 4 aromatic carbocycles. The Kier molecular flexibility index (Phi) is 14.9. The van der Waals surface area contributed by atoms with E-state index in [0.717, 1.165) is 32.0 Å². The van der Waals surface area contributed by atoms with Crippen molar-refractivity contribution >= 4 is 59.0 Å². The predicted octanol–water partition coefficient (Wildman–Crippen LogP) is 12.0. The summed E-state index contributed by atoms with van der Waals surface area (Å²) in [7, 11) is 0. The molecular weight excluding hydrogens is 823 g/mol. The third kappa shape index (κ3) is 12.3. The van der Waals surface area contributed by atoms with Crippen LogP contribution in [-0.4, -0.2) is 50.6 Å². The number of phenolic OH excluding ortho intramolecular Hbond substituents is 3. The Morgan fingerprint density at radius 2 is 0.712 bits per heavy atom. The summed E-state index contributed by atoms with van der Waals surface area (Å²) in [6.07, 6.45) is 1.12. The molecule has 1 heterocycles. The van der Waals surface area contributed by atoms with Gasteiger partial charge < -0.3 is 36.0 Å². The molecule has 0 fully saturated rings. The van der Waals surface area contributed by atoms with Crippen LogP contribution in [0.3, 0.4) is 0 Å². The number of carboxylic acids is 2. The molecule has 7 N–H and O–H groups in total. The third-order valence-corrected chi connectivity index (χ3v) is 13.5. The van der Waals surface area contributed by atoms with Crippen LogP contribution in [0.5, 0.6) is 23.0 Å². The van der Waals surface area contributed by atoms with Gasteiger partial charge in [0.25, 0.3) is 0 Å². The first-order valence-electron chi connectivity index (χ1n) is 19.1. The van der Waals surface area contributed by atoms with Crippen LogP contribution in [0.15, 0.2) is 99.8 Å². The number of carbonyl (C=O) groups is 2. The number of phenols is 3. The van der Waals surface area contributed by atoms with Gasteiger partial charge in [-0.2, -0.15) is 0 Å². The number of rotatable bonds is 5. The molecule has 0 amide bonds. The summed E-state index contributed by atoms with van der Waals surface area (Å²) < 4.78 is 6.47. The van der Waals surface area contributed by atoms with Crippen molar-refractivity contribution in [2.45, 2.75) is 144 Å². The number of hydrogen-bond acceptors (Lipinski definition) is 11. The molecule has 0 atom stereocenters. The summed E-state index contributed by atoms with van der Waals surface area (Å²) in [5.41, 5.74) is 9.41. The number of nitrogens with two attached hydrogens (primary N) is 1. The van der Waals surface area contributed by atoms with Crippen LogP contribution < -0.4 is 10.5 Å². The van der Waals surface area contributed by atoms with Crippen molar-refractivity contribution in [3.05, 3.63) is 82.9 Å². The molecule has 318 valence electrons. The van der Waals surface area contributed by atoms with E-state index in [0.29, 0.717) is 60.4 Å². The standard InChI is InChI=1S/C42H53NO4S4.C4H4O4/c1-39(2,3)23-15-27-35(44)28(16-23)49-30-18-25(41(7,8)9)20-32(37(30)46)51-34-22-26(42(10,11)12)21-33(38(34)47-14-13-43)50-31-19-24(40(4,5)6)17-29(48-27)36(31)45;5-3(6)1-2-4(7)8/h15-22,44-46H,13-14,43H2,1-12H3;1-2H,(H,5,6)(H,7,8)/b;2-1+. The zero-order valence-electron chi connectivity index (χ0n) is 35.9. The molecule has 5 rings (SSSR count). The number of aliphatic carboxylic acids is 2. The maximum Gasteiger partial charge on any atom is 0.328 e. The molecule has 8 bridgehead atoms. The normalized spacial score (nSPS) is 13.4. The largest absolute Gasteiger partial charge is 0.506 e. The molecule has 13 heteroatoms. The first-order chi connectivity index (χ1) is 27.1. The van der Waals surface area contributed by atoms with E-state index in [2.05, 4.69) is 107 Å². The number of aromatic hydroxyl groups is 3. The van der Waals surface area contributed by atoms with E-state index in [-0.39, 0.29) is 38.9 Å². The maximum atomic E-state index is 12.0. The number of benzene rings is 4.